The highest BCUT2D eigenvalue weighted by Gasteiger charge is 2.49. The minimum absolute atomic E-state index is 0.0142. The van der Waals surface area contributed by atoms with E-state index in [1.807, 2.05) is 26.0 Å². The van der Waals surface area contributed by atoms with Crippen LogP contribution in [-0.2, 0) is 5.41 Å². The topological polar surface area (TPSA) is 46.2 Å². The van der Waals surface area contributed by atoms with Crippen molar-refractivity contribution in [2.75, 3.05) is 0 Å². The van der Waals surface area contributed by atoms with Gasteiger partial charge in [0.1, 0.15) is 5.75 Å². The van der Waals surface area contributed by atoms with Gasteiger partial charge in [0.15, 0.2) is 0 Å². The van der Waals surface area contributed by atoms with Crippen LogP contribution >= 0.6 is 15.9 Å². The van der Waals surface area contributed by atoms with Gasteiger partial charge in [-0.25, -0.2) is 0 Å². The summed E-state index contributed by atoms with van der Waals surface area (Å²) in [5.74, 6) is 0.366. The molecule has 1 saturated carbocycles. The first-order valence-electron chi connectivity index (χ1n) is 5.23. The number of hydrogen-bond donors (Lipinski definition) is 2. The van der Waals surface area contributed by atoms with Gasteiger partial charge in [-0.1, -0.05) is 12.1 Å². The van der Waals surface area contributed by atoms with Gasteiger partial charge >= 0.3 is 0 Å². The molecule has 0 spiro atoms. The third-order valence-electron chi connectivity index (χ3n) is 3.51. The van der Waals surface area contributed by atoms with E-state index in [4.69, 9.17) is 5.73 Å². The van der Waals surface area contributed by atoms with Gasteiger partial charge in [0.05, 0.1) is 4.47 Å². The van der Waals surface area contributed by atoms with E-state index in [1.54, 1.807) is 0 Å². The summed E-state index contributed by atoms with van der Waals surface area (Å²) in [6.45, 7) is 3.99. The van der Waals surface area contributed by atoms with E-state index in [-0.39, 0.29) is 11.5 Å². The number of nitrogens with two attached hydrogens (primary N) is 1. The third-order valence-corrected chi connectivity index (χ3v) is 4.51. The minimum Gasteiger partial charge on any atom is -0.506 e. The number of halogens is 1. The van der Waals surface area contributed by atoms with Gasteiger partial charge in [-0.3, -0.25) is 0 Å². The van der Waals surface area contributed by atoms with Gasteiger partial charge in [-0.05, 0) is 48.2 Å². The maximum Gasteiger partial charge on any atom is 0.133 e. The van der Waals surface area contributed by atoms with Crippen molar-refractivity contribution < 1.29 is 5.11 Å². The van der Waals surface area contributed by atoms with Crippen molar-refractivity contribution >= 4 is 15.9 Å². The molecule has 1 unspecified atom stereocenters. The summed E-state index contributed by atoms with van der Waals surface area (Å²) in [5.41, 5.74) is 8.06. The van der Waals surface area contributed by atoms with E-state index < -0.39 is 0 Å². The normalized spacial score (nSPS) is 20.0. The van der Waals surface area contributed by atoms with Gasteiger partial charge in [-0.2, -0.15) is 0 Å². The molecule has 1 fully saturated rings. The number of phenols is 1. The van der Waals surface area contributed by atoms with E-state index in [0.717, 1.165) is 28.4 Å². The van der Waals surface area contributed by atoms with Crippen LogP contribution in [0.5, 0.6) is 5.75 Å². The molecule has 15 heavy (non-hydrogen) atoms. The number of rotatable bonds is 2. The van der Waals surface area contributed by atoms with Crippen LogP contribution in [0.2, 0.25) is 0 Å². The van der Waals surface area contributed by atoms with Crippen molar-refractivity contribution in [3.05, 3.63) is 27.7 Å². The summed E-state index contributed by atoms with van der Waals surface area (Å²) in [4.78, 5) is 0. The predicted molar refractivity (Wildman–Crippen MR) is 65.1 cm³/mol. The summed E-state index contributed by atoms with van der Waals surface area (Å²) >= 11 is 3.41. The van der Waals surface area contributed by atoms with E-state index in [2.05, 4.69) is 15.9 Å². The lowest BCUT2D eigenvalue weighted by Crippen LogP contribution is -2.31. The number of phenolic OH excluding ortho intramolecular Hbond substituents is 1. The Bertz CT molecular complexity index is 397. The highest BCUT2D eigenvalue weighted by atomic mass is 79.9. The smallest absolute Gasteiger partial charge is 0.133 e. The lowest BCUT2D eigenvalue weighted by molar-refractivity contribution is 0.443. The molecule has 0 radical (unpaired) electrons. The quantitative estimate of drug-likeness (QED) is 0.868. The Hall–Kier alpha value is -0.540. The summed E-state index contributed by atoms with van der Waals surface area (Å²) in [6, 6.07) is 4.13. The second-order valence-electron chi connectivity index (χ2n) is 4.54. The molecular formula is C12H16BrNO. The monoisotopic (exact) mass is 269 g/mol. The van der Waals surface area contributed by atoms with Crippen molar-refractivity contribution in [3.8, 4) is 5.75 Å². The molecular weight excluding hydrogens is 254 g/mol. The van der Waals surface area contributed by atoms with Crippen LogP contribution in [0.3, 0.4) is 0 Å². The average molecular weight is 270 g/mol. The molecule has 1 atom stereocenters. The second-order valence-corrected chi connectivity index (χ2v) is 5.33. The van der Waals surface area contributed by atoms with Gasteiger partial charge in [0.2, 0.25) is 0 Å². The molecule has 2 rings (SSSR count). The van der Waals surface area contributed by atoms with Crippen molar-refractivity contribution in [1.82, 2.24) is 0 Å². The second kappa shape index (κ2) is 3.49. The first kappa shape index (κ1) is 11.0. The van der Waals surface area contributed by atoms with Gasteiger partial charge in [0.25, 0.3) is 0 Å². The Morgan fingerprint density at radius 1 is 1.47 bits per heavy atom. The van der Waals surface area contributed by atoms with Crippen LogP contribution in [0, 0.1) is 6.92 Å². The summed E-state index contributed by atoms with van der Waals surface area (Å²) < 4.78 is 0.798. The van der Waals surface area contributed by atoms with E-state index in [9.17, 15) is 5.11 Å². The molecule has 3 N–H and O–H groups in total. The van der Waals surface area contributed by atoms with Crippen molar-refractivity contribution in [2.45, 2.75) is 38.1 Å². The van der Waals surface area contributed by atoms with Crippen LogP contribution < -0.4 is 5.73 Å². The van der Waals surface area contributed by atoms with Crippen LogP contribution in [-0.4, -0.2) is 11.1 Å². The molecule has 82 valence electrons. The lowest BCUT2D eigenvalue weighted by atomic mass is 9.88. The van der Waals surface area contributed by atoms with Crippen LogP contribution in [0.1, 0.15) is 30.9 Å². The van der Waals surface area contributed by atoms with E-state index in [0.29, 0.717) is 5.75 Å². The van der Waals surface area contributed by atoms with Crippen LogP contribution in [0.15, 0.2) is 16.6 Å². The minimum atomic E-state index is 0.0142. The number of hydrogen-bond acceptors (Lipinski definition) is 2. The summed E-state index contributed by atoms with van der Waals surface area (Å²) in [7, 11) is 0. The molecule has 0 aliphatic heterocycles. The van der Waals surface area contributed by atoms with Gasteiger partial charge in [0, 0.05) is 17.0 Å². The zero-order chi connectivity index (χ0) is 11.2. The van der Waals surface area contributed by atoms with Gasteiger partial charge < -0.3 is 10.8 Å². The maximum absolute atomic E-state index is 10.1. The number of aryl methyl sites for hydroxylation is 1. The molecule has 1 aliphatic rings. The lowest BCUT2D eigenvalue weighted by Gasteiger charge is -2.22. The Kier molecular flexibility index (Phi) is 2.55. The molecule has 1 aromatic rings. The van der Waals surface area contributed by atoms with E-state index in [1.165, 1.54) is 0 Å². The zero-order valence-electron chi connectivity index (χ0n) is 9.05. The fraction of sp³-hybridized carbons (Fsp3) is 0.500. The Morgan fingerprint density at radius 2 is 2.07 bits per heavy atom. The molecule has 1 aliphatic carbocycles. The zero-order valence-corrected chi connectivity index (χ0v) is 10.6. The molecule has 0 aromatic heterocycles. The van der Waals surface area contributed by atoms with E-state index >= 15 is 0 Å². The molecule has 0 amide bonds. The molecule has 0 saturated heterocycles. The third kappa shape index (κ3) is 1.58. The maximum atomic E-state index is 10.1. The Labute approximate surface area is 98.6 Å². The molecule has 2 nitrogen and oxygen atoms in total. The van der Waals surface area contributed by atoms with Gasteiger partial charge in [-0.15, -0.1) is 0 Å². The SMILES string of the molecule is Cc1ccc(C2(C(C)N)CC2)c(O)c1Br. The highest BCUT2D eigenvalue weighted by Crippen LogP contribution is 2.54. The first-order valence-corrected chi connectivity index (χ1v) is 6.02. The first-order chi connectivity index (χ1) is 6.99. The summed E-state index contributed by atoms with van der Waals surface area (Å²) in [6.07, 6.45) is 2.15. The highest BCUT2D eigenvalue weighted by molar-refractivity contribution is 9.10. The van der Waals surface area contributed by atoms with Crippen LogP contribution in [0.4, 0.5) is 0 Å². The molecule has 0 bridgehead atoms. The standard InChI is InChI=1S/C12H16BrNO/c1-7-3-4-9(11(15)10(7)13)12(5-6-12)8(2)14/h3-4,8,15H,5-6,14H2,1-2H3. The fourth-order valence-electron chi connectivity index (χ4n) is 2.17. The summed E-state index contributed by atoms with van der Waals surface area (Å²) in [5, 5.41) is 10.1. The Balaban J connectivity index is 2.51. The fourth-order valence-corrected chi connectivity index (χ4v) is 2.52. The number of aromatic hydroxyl groups is 1. The van der Waals surface area contributed by atoms with Crippen LogP contribution in [0.25, 0.3) is 0 Å². The molecule has 0 heterocycles. The predicted octanol–water partition coefficient (Wildman–Crippen LogP) is 2.84. The molecule has 1 aromatic carbocycles. The average Bonchev–Trinajstić information content (AvgIpc) is 2.95. The van der Waals surface area contributed by atoms with Crippen molar-refractivity contribution in [3.63, 3.8) is 0 Å². The number of benzene rings is 1. The molecule has 3 heteroatoms. The largest absolute Gasteiger partial charge is 0.506 e. The van der Waals surface area contributed by atoms with Crippen molar-refractivity contribution in [2.24, 2.45) is 5.73 Å². The Morgan fingerprint density at radius 3 is 2.53 bits per heavy atom. The van der Waals surface area contributed by atoms with Crippen molar-refractivity contribution in [1.29, 1.82) is 0 Å².